The Balaban J connectivity index is 1.93. The Labute approximate surface area is 155 Å². The number of benzene rings is 1. The van der Waals surface area contributed by atoms with Gasteiger partial charge in [0, 0.05) is 17.8 Å². The summed E-state index contributed by atoms with van der Waals surface area (Å²) in [4.78, 5) is 9.37. The average molecular weight is 353 g/mol. The van der Waals surface area contributed by atoms with Gasteiger partial charge >= 0.3 is 0 Å². The van der Waals surface area contributed by atoms with E-state index >= 15 is 0 Å². The number of pyridine rings is 1. The monoisotopic (exact) mass is 352 g/mol. The number of hydrogen-bond donors (Lipinski definition) is 0. The standard InChI is InChI=1S/C22H28N2S/c1-13(2)18-7-8-23-20(12-18)15(5)9-17-10-19(14(3)4)22-21(11-17)24-16(6)25-22/h7-8,10-15H,9H2,1-6H3. The second-order valence-electron chi connectivity index (χ2n) is 7.69. The van der Waals surface area contributed by atoms with Gasteiger partial charge in [-0.15, -0.1) is 11.3 Å². The van der Waals surface area contributed by atoms with Crippen molar-refractivity contribution >= 4 is 21.6 Å². The van der Waals surface area contributed by atoms with Gasteiger partial charge in [0.15, 0.2) is 0 Å². The van der Waals surface area contributed by atoms with Crippen LogP contribution in [0.2, 0.25) is 0 Å². The number of nitrogens with zero attached hydrogens (tertiary/aromatic N) is 2. The van der Waals surface area contributed by atoms with E-state index in [1.807, 2.05) is 17.5 Å². The summed E-state index contributed by atoms with van der Waals surface area (Å²) in [7, 11) is 0. The Bertz CT molecular complexity index is 877. The summed E-state index contributed by atoms with van der Waals surface area (Å²) in [6, 6.07) is 9.05. The smallest absolute Gasteiger partial charge is 0.0907 e. The molecule has 1 atom stereocenters. The summed E-state index contributed by atoms with van der Waals surface area (Å²) in [6.45, 7) is 13.4. The van der Waals surface area contributed by atoms with E-state index in [1.54, 1.807) is 0 Å². The van der Waals surface area contributed by atoms with Crippen molar-refractivity contribution in [3.63, 3.8) is 0 Å². The number of hydrogen-bond acceptors (Lipinski definition) is 3. The summed E-state index contributed by atoms with van der Waals surface area (Å²) in [5.74, 6) is 1.45. The topological polar surface area (TPSA) is 25.8 Å². The molecule has 3 rings (SSSR count). The fourth-order valence-electron chi connectivity index (χ4n) is 3.33. The molecule has 2 aromatic heterocycles. The van der Waals surface area contributed by atoms with Crippen LogP contribution in [0.4, 0.5) is 0 Å². The lowest BCUT2D eigenvalue weighted by Gasteiger charge is -2.15. The van der Waals surface area contributed by atoms with Crippen LogP contribution in [0.3, 0.4) is 0 Å². The summed E-state index contributed by atoms with van der Waals surface area (Å²) in [6.07, 6.45) is 2.95. The van der Waals surface area contributed by atoms with E-state index in [9.17, 15) is 0 Å². The molecule has 0 aliphatic heterocycles. The first kappa shape index (κ1) is 18.1. The highest BCUT2D eigenvalue weighted by molar-refractivity contribution is 7.18. The fourth-order valence-corrected chi connectivity index (χ4v) is 4.39. The second-order valence-corrected chi connectivity index (χ2v) is 8.90. The minimum Gasteiger partial charge on any atom is -0.261 e. The molecule has 0 bridgehead atoms. The molecule has 0 saturated carbocycles. The van der Waals surface area contributed by atoms with Gasteiger partial charge in [0.25, 0.3) is 0 Å². The molecule has 0 fully saturated rings. The Morgan fingerprint density at radius 1 is 1.00 bits per heavy atom. The van der Waals surface area contributed by atoms with Gasteiger partial charge in [0.2, 0.25) is 0 Å². The molecular formula is C22H28N2S. The zero-order valence-electron chi connectivity index (χ0n) is 16.1. The average Bonchev–Trinajstić information content (AvgIpc) is 2.94. The third kappa shape index (κ3) is 3.92. The molecule has 0 amide bonds. The van der Waals surface area contributed by atoms with Crippen LogP contribution in [0.25, 0.3) is 10.2 Å². The third-order valence-electron chi connectivity index (χ3n) is 4.83. The van der Waals surface area contributed by atoms with Crippen LogP contribution in [0.1, 0.15) is 79.8 Å². The number of thiazole rings is 1. The maximum Gasteiger partial charge on any atom is 0.0907 e. The van der Waals surface area contributed by atoms with Gasteiger partial charge < -0.3 is 0 Å². The Kier molecular flexibility index (Phi) is 5.24. The number of aryl methyl sites for hydroxylation is 1. The van der Waals surface area contributed by atoms with Gasteiger partial charge in [0.05, 0.1) is 15.2 Å². The van der Waals surface area contributed by atoms with Crippen molar-refractivity contribution in [2.45, 2.75) is 65.7 Å². The minimum absolute atomic E-state index is 0.399. The van der Waals surface area contributed by atoms with Gasteiger partial charge in [-0.25, -0.2) is 4.98 Å². The molecule has 3 heteroatoms. The van der Waals surface area contributed by atoms with E-state index < -0.39 is 0 Å². The van der Waals surface area contributed by atoms with Gasteiger partial charge in [-0.2, -0.15) is 0 Å². The van der Waals surface area contributed by atoms with Crippen molar-refractivity contribution in [3.8, 4) is 0 Å². The molecule has 25 heavy (non-hydrogen) atoms. The SMILES string of the molecule is Cc1nc2cc(CC(C)c3cc(C(C)C)ccn3)cc(C(C)C)c2s1. The summed E-state index contributed by atoms with van der Waals surface area (Å²) >= 11 is 1.81. The van der Waals surface area contributed by atoms with Crippen molar-refractivity contribution in [1.29, 1.82) is 0 Å². The summed E-state index contributed by atoms with van der Waals surface area (Å²) in [5.41, 5.74) is 6.50. The summed E-state index contributed by atoms with van der Waals surface area (Å²) in [5, 5.41) is 1.15. The highest BCUT2D eigenvalue weighted by Crippen LogP contribution is 2.33. The van der Waals surface area contributed by atoms with E-state index in [-0.39, 0.29) is 0 Å². The molecule has 0 radical (unpaired) electrons. The Hall–Kier alpha value is -1.74. The van der Waals surface area contributed by atoms with Crippen LogP contribution in [0, 0.1) is 6.92 Å². The molecule has 2 nitrogen and oxygen atoms in total. The lowest BCUT2D eigenvalue weighted by atomic mass is 9.92. The lowest BCUT2D eigenvalue weighted by Crippen LogP contribution is -2.03. The van der Waals surface area contributed by atoms with Crippen LogP contribution in [-0.4, -0.2) is 9.97 Å². The van der Waals surface area contributed by atoms with E-state index in [0.717, 1.165) is 16.9 Å². The normalized spacial score (nSPS) is 13.1. The summed E-state index contributed by atoms with van der Waals surface area (Å²) < 4.78 is 1.35. The van der Waals surface area contributed by atoms with Gasteiger partial charge in [-0.3, -0.25) is 4.98 Å². The molecule has 0 aliphatic rings. The van der Waals surface area contributed by atoms with E-state index in [4.69, 9.17) is 4.98 Å². The predicted octanol–water partition coefficient (Wildman–Crippen LogP) is 6.59. The maximum atomic E-state index is 4.74. The quantitative estimate of drug-likeness (QED) is 0.517. The molecular weight excluding hydrogens is 324 g/mol. The van der Waals surface area contributed by atoms with Crippen molar-refractivity contribution in [1.82, 2.24) is 9.97 Å². The molecule has 0 N–H and O–H groups in total. The maximum absolute atomic E-state index is 4.74. The van der Waals surface area contributed by atoms with Crippen LogP contribution in [0.5, 0.6) is 0 Å². The van der Waals surface area contributed by atoms with Gasteiger partial charge in [0.1, 0.15) is 0 Å². The molecule has 0 spiro atoms. The van der Waals surface area contributed by atoms with E-state index in [0.29, 0.717) is 17.8 Å². The van der Waals surface area contributed by atoms with Gasteiger partial charge in [-0.1, -0.05) is 40.7 Å². The van der Waals surface area contributed by atoms with Crippen molar-refractivity contribution < 1.29 is 0 Å². The highest BCUT2D eigenvalue weighted by atomic mass is 32.1. The molecule has 0 saturated heterocycles. The van der Waals surface area contributed by atoms with Crippen LogP contribution >= 0.6 is 11.3 Å². The fraction of sp³-hybridized carbons (Fsp3) is 0.455. The third-order valence-corrected chi connectivity index (χ3v) is 5.86. The van der Waals surface area contributed by atoms with Crippen molar-refractivity contribution in [3.05, 3.63) is 57.9 Å². The molecule has 0 aliphatic carbocycles. The molecule has 1 unspecified atom stereocenters. The zero-order chi connectivity index (χ0) is 18.1. The highest BCUT2D eigenvalue weighted by Gasteiger charge is 2.15. The number of rotatable bonds is 5. The van der Waals surface area contributed by atoms with Crippen molar-refractivity contribution in [2.24, 2.45) is 0 Å². The van der Waals surface area contributed by atoms with Crippen LogP contribution in [0.15, 0.2) is 30.5 Å². The van der Waals surface area contributed by atoms with Crippen LogP contribution in [-0.2, 0) is 6.42 Å². The zero-order valence-corrected chi connectivity index (χ0v) is 16.9. The Morgan fingerprint density at radius 3 is 2.44 bits per heavy atom. The Morgan fingerprint density at radius 2 is 1.76 bits per heavy atom. The van der Waals surface area contributed by atoms with Crippen molar-refractivity contribution in [2.75, 3.05) is 0 Å². The molecule has 1 aromatic carbocycles. The van der Waals surface area contributed by atoms with Gasteiger partial charge in [-0.05, 0) is 60.1 Å². The molecule has 3 aromatic rings. The molecule has 2 heterocycles. The lowest BCUT2D eigenvalue weighted by molar-refractivity contribution is 0.722. The van der Waals surface area contributed by atoms with Crippen LogP contribution < -0.4 is 0 Å². The first-order valence-electron chi connectivity index (χ1n) is 9.21. The van der Waals surface area contributed by atoms with E-state index in [2.05, 4.69) is 70.8 Å². The minimum atomic E-state index is 0.399. The largest absolute Gasteiger partial charge is 0.261 e. The number of aromatic nitrogens is 2. The first-order chi connectivity index (χ1) is 11.8. The predicted molar refractivity (Wildman–Crippen MR) is 109 cm³/mol. The first-order valence-corrected chi connectivity index (χ1v) is 10.0. The molecule has 132 valence electrons. The van der Waals surface area contributed by atoms with E-state index in [1.165, 1.54) is 27.1 Å². The number of fused-ring (bicyclic) bond motifs is 1. The second kappa shape index (κ2) is 7.25.